The van der Waals surface area contributed by atoms with Gasteiger partial charge in [0.05, 0.1) is 24.2 Å². The van der Waals surface area contributed by atoms with Crippen LogP contribution in [0.15, 0.2) is 5.38 Å². The summed E-state index contributed by atoms with van der Waals surface area (Å²) in [6.45, 7) is 0. The highest BCUT2D eigenvalue weighted by molar-refractivity contribution is 7.09. The highest BCUT2D eigenvalue weighted by Gasteiger charge is 2.43. The lowest BCUT2D eigenvalue weighted by atomic mass is 9.99. The van der Waals surface area contributed by atoms with Crippen LogP contribution < -0.4 is 0 Å². The molecule has 0 radical (unpaired) electrons. The Morgan fingerprint density at radius 2 is 2.11 bits per heavy atom. The predicted octanol–water partition coefficient (Wildman–Crippen LogP) is 3.15. The van der Waals surface area contributed by atoms with Gasteiger partial charge >= 0.3 is 5.97 Å². The van der Waals surface area contributed by atoms with Gasteiger partial charge in [0, 0.05) is 17.7 Å². The third kappa shape index (κ3) is 2.74. The largest absolute Gasteiger partial charge is 0.469 e. The van der Waals surface area contributed by atoms with Crippen LogP contribution in [-0.2, 0) is 16.0 Å². The average molecular weight is 265 g/mol. The Hall–Kier alpha value is -0.900. The topological polar surface area (TPSA) is 39.2 Å². The van der Waals surface area contributed by atoms with Crippen molar-refractivity contribution in [3.05, 3.63) is 16.1 Å². The standard InChI is InChI=1S/C14H19NO2S/c1-17-12(16)7-6-11-8-18-14(15-11)13(9-2-3-9)10-4-5-10/h8-10,13H,2-7H2,1H3. The number of rotatable bonds is 6. The number of thiazole rings is 1. The van der Waals surface area contributed by atoms with Gasteiger partial charge in [0.1, 0.15) is 0 Å². The summed E-state index contributed by atoms with van der Waals surface area (Å²) in [7, 11) is 1.44. The van der Waals surface area contributed by atoms with Crippen LogP contribution >= 0.6 is 11.3 Å². The monoisotopic (exact) mass is 265 g/mol. The Balaban J connectivity index is 1.63. The van der Waals surface area contributed by atoms with Crippen LogP contribution in [0.3, 0.4) is 0 Å². The molecule has 1 aromatic heterocycles. The lowest BCUT2D eigenvalue weighted by molar-refractivity contribution is -0.140. The fourth-order valence-corrected chi connectivity index (χ4v) is 3.76. The molecule has 0 aromatic carbocycles. The highest BCUT2D eigenvalue weighted by Crippen LogP contribution is 2.54. The van der Waals surface area contributed by atoms with E-state index >= 15 is 0 Å². The van der Waals surface area contributed by atoms with Crippen molar-refractivity contribution in [1.82, 2.24) is 4.98 Å². The van der Waals surface area contributed by atoms with E-state index in [1.54, 1.807) is 11.3 Å². The first-order valence-corrected chi connectivity index (χ1v) is 7.67. The van der Waals surface area contributed by atoms with Crippen LogP contribution in [-0.4, -0.2) is 18.1 Å². The summed E-state index contributed by atoms with van der Waals surface area (Å²) in [6.07, 6.45) is 6.70. The molecule has 4 heteroatoms. The van der Waals surface area contributed by atoms with Crippen LogP contribution in [0.25, 0.3) is 0 Å². The second-order valence-corrected chi connectivity index (χ2v) is 6.34. The summed E-state index contributed by atoms with van der Waals surface area (Å²) in [5.41, 5.74) is 1.06. The molecule has 0 aliphatic heterocycles. The maximum atomic E-state index is 11.1. The molecule has 0 atom stereocenters. The van der Waals surface area contributed by atoms with Crippen LogP contribution in [0, 0.1) is 11.8 Å². The Labute approximate surface area is 112 Å². The van der Waals surface area contributed by atoms with Gasteiger partial charge in [-0.15, -0.1) is 11.3 Å². The number of nitrogens with zero attached hydrogens (tertiary/aromatic N) is 1. The molecule has 1 heterocycles. The quantitative estimate of drug-likeness (QED) is 0.742. The van der Waals surface area contributed by atoms with Crippen molar-refractivity contribution in [3.8, 4) is 0 Å². The molecular formula is C14H19NO2S. The Kier molecular flexibility index (Phi) is 3.37. The molecule has 2 fully saturated rings. The SMILES string of the molecule is COC(=O)CCc1csc(C(C2CC2)C2CC2)n1. The highest BCUT2D eigenvalue weighted by atomic mass is 32.1. The van der Waals surface area contributed by atoms with Gasteiger partial charge < -0.3 is 4.74 Å². The molecule has 2 saturated carbocycles. The summed E-state index contributed by atoms with van der Waals surface area (Å²) in [6, 6.07) is 0. The molecule has 98 valence electrons. The first kappa shape index (κ1) is 12.2. The molecule has 3 rings (SSSR count). The van der Waals surface area contributed by atoms with Crippen molar-refractivity contribution in [3.63, 3.8) is 0 Å². The minimum Gasteiger partial charge on any atom is -0.469 e. The molecule has 2 aliphatic rings. The number of aryl methyl sites for hydroxylation is 1. The van der Waals surface area contributed by atoms with E-state index in [9.17, 15) is 4.79 Å². The predicted molar refractivity (Wildman–Crippen MR) is 70.6 cm³/mol. The number of carbonyl (C=O) groups is 1. The van der Waals surface area contributed by atoms with Gasteiger partial charge in [-0.05, 0) is 37.5 Å². The molecule has 0 saturated heterocycles. The zero-order valence-corrected chi connectivity index (χ0v) is 11.5. The smallest absolute Gasteiger partial charge is 0.305 e. The third-order valence-electron chi connectivity index (χ3n) is 3.93. The molecule has 0 N–H and O–H groups in total. The number of hydrogen-bond donors (Lipinski definition) is 0. The second kappa shape index (κ2) is 5.00. The number of methoxy groups -OCH3 is 1. The van der Waals surface area contributed by atoms with Crippen molar-refractivity contribution < 1.29 is 9.53 Å². The van der Waals surface area contributed by atoms with Crippen LogP contribution in [0.5, 0.6) is 0 Å². The number of aromatic nitrogens is 1. The number of ether oxygens (including phenoxy) is 1. The second-order valence-electron chi connectivity index (χ2n) is 5.45. The fraction of sp³-hybridized carbons (Fsp3) is 0.714. The summed E-state index contributed by atoms with van der Waals surface area (Å²) >= 11 is 1.79. The van der Waals surface area contributed by atoms with Gasteiger partial charge in [-0.3, -0.25) is 4.79 Å². The molecular weight excluding hydrogens is 246 g/mol. The van der Waals surface area contributed by atoms with Crippen molar-refractivity contribution in [2.24, 2.45) is 11.8 Å². The van der Waals surface area contributed by atoms with E-state index in [2.05, 4.69) is 10.1 Å². The number of carbonyl (C=O) groups excluding carboxylic acids is 1. The van der Waals surface area contributed by atoms with Gasteiger partial charge in [-0.2, -0.15) is 0 Å². The van der Waals surface area contributed by atoms with E-state index in [-0.39, 0.29) is 5.97 Å². The maximum Gasteiger partial charge on any atom is 0.305 e. The van der Waals surface area contributed by atoms with E-state index in [1.165, 1.54) is 37.8 Å². The molecule has 1 aromatic rings. The zero-order chi connectivity index (χ0) is 12.5. The normalized spacial score (nSPS) is 19.2. The van der Waals surface area contributed by atoms with Gasteiger partial charge in [0.15, 0.2) is 0 Å². The lowest BCUT2D eigenvalue weighted by Crippen LogP contribution is -2.05. The van der Waals surface area contributed by atoms with E-state index in [0.717, 1.165) is 23.4 Å². The summed E-state index contributed by atoms with van der Waals surface area (Å²) in [4.78, 5) is 15.9. The van der Waals surface area contributed by atoms with E-state index < -0.39 is 0 Å². The first-order chi connectivity index (χ1) is 8.78. The van der Waals surface area contributed by atoms with Gasteiger partial charge in [0.25, 0.3) is 0 Å². The number of hydrogen-bond acceptors (Lipinski definition) is 4. The molecule has 0 unspecified atom stereocenters. The molecule has 18 heavy (non-hydrogen) atoms. The third-order valence-corrected chi connectivity index (χ3v) is 4.92. The van der Waals surface area contributed by atoms with Crippen LogP contribution in [0.2, 0.25) is 0 Å². The maximum absolute atomic E-state index is 11.1. The summed E-state index contributed by atoms with van der Waals surface area (Å²) in [5.74, 6) is 2.38. The van der Waals surface area contributed by atoms with Crippen molar-refractivity contribution in [1.29, 1.82) is 0 Å². The Bertz CT molecular complexity index is 423. The molecule has 0 bridgehead atoms. The minimum atomic E-state index is -0.148. The van der Waals surface area contributed by atoms with E-state index in [4.69, 9.17) is 4.98 Å². The average Bonchev–Trinajstić information content (AvgIpc) is 3.28. The van der Waals surface area contributed by atoms with E-state index in [1.807, 2.05) is 0 Å². The summed E-state index contributed by atoms with van der Waals surface area (Å²) in [5, 5.41) is 3.44. The molecule has 3 nitrogen and oxygen atoms in total. The van der Waals surface area contributed by atoms with Gasteiger partial charge in [-0.25, -0.2) is 4.98 Å². The fourth-order valence-electron chi connectivity index (χ4n) is 2.62. The Morgan fingerprint density at radius 1 is 1.44 bits per heavy atom. The van der Waals surface area contributed by atoms with E-state index in [0.29, 0.717) is 12.8 Å². The van der Waals surface area contributed by atoms with Crippen LogP contribution in [0.4, 0.5) is 0 Å². The van der Waals surface area contributed by atoms with Crippen molar-refractivity contribution in [2.45, 2.75) is 44.4 Å². The minimum absolute atomic E-state index is 0.148. The Morgan fingerprint density at radius 3 is 2.67 bits per heavy atom. The first-order valence-electron chi connectivity index (χ1n) is 6.79. The molecule has 2 aliphatic carbocycles. The molecule has 0 amide bonds. The molecule has 0 spiro atoms. The van der Waals surface area contributed by atoms with Crippen molar-refractivity contribution in [2.75, 3.05) is 7.11 Å². The van der Waals surface area contributed by atoms with Gasteiger partial charge in [-0.1, -0.05) is 0 Å². The number of esters is 1. The summed E-state index contributed by atoms with van der Waals surface area (Å²) < 4.78 is 4.66. The zero-order valence-electron chi connectivity index (χ0n) is 10.7. The lowest BCUT2D eigenvalue weighted by Gasteiger charge is -2.11. The van der Waals surface area contributed by atoms with Crippen molar-refractivity contribution >= 4 is 17.3 Å². The van der Waals surface area contributed by atoms with Crippen LogP contribution in [0.1, 0.15) is 48.7 Å². The van der Waals surface area contributed by atoms with Gasteiger partial charge in [0.2, 0.25) is 0 Å².